The van der Waals surface area contributed by atoms with Gasteiger partial charge >= 0.3 is 0 Å². The van der Waals surface area contributed by atoms with Crippen LogP contribution in [-0.2, 0) is 12.8 Å². The Morgan fingerprint density at radius 3 is 2.10 bits per heavy atom. The second-order valence-electron chi connectivity index (χ2n) is 5.32. The molecule has 0 aliphatic heterocycles. The average molecular weight is 451 g/mol. The van der Waals surface area contributed by atoms with E-state index in [1.807, 2.05) is 18.2 Å². The Balaban J connectivity index is 2.27. The predicted molar refractivity (Wildman–Crippen MR) is 100 cm³/mol. The maximum atomic E-state index is 6.35. The highest BCUT2D eigenvalue weighted by molar-refractivity contribution is 9.09. The Hall–Kier alpha value is -0.0200. The molecule has 2 aromatic carbocycles. The Morgan fingerprint density at radius 1 is 0.810 bits per heavy atom. The molecule has 0 aromatic heterocycles. The maximum Gasteiger partial charge on any atom is 0.0624 e. The van der Waals surface area contributed by atoms with Gasteiger partial charge in [0.25, 0.3) is 0 Å². The van der Waals surface area contributed by atoms with Gasteiger partial charge in [-0.2, -0.15) is 0 Å². The summed E-state index contributed by atoms with van der Waals surface area (Å²) in [4.78, 5) is 0. The predicted octanol–water partition coefficient (Wildman–Crippen LogP) is 6.55. The molecule has 0 spiro atoms. The van der Waals surface area contributed by atoms with Crippen LogP contribution in [0.25, 0.3) is 0 Å². The summed E-state index contributed by atoms with van der Waals surface area (Å²) in [5.41, 5.74) is 2.49. The fraction of sp³-hybridized carbons (Fsp3) is 0.294. The fourth-order valence-electron chi connectivity index (χ4n) is 2.41. The minimum absolute atomic E-state index is 0.0652. The van der Waals surface area contributed by atoms with Gasteiger partial charge in [0.2, 0.25) is 0 Å². The number of hydrogen-bond donors (Lipinski definition) is 0. The first-order chi connectivity index (χ1) is 10.1. The van der Waals surface area contributed by atoms with E-state index < -0.39 is 0 Å². The highest BCUT2D eigenvalue weighted by Gasteiger charge is 2.29. The molecule has 4 heteroatoms. The van der Waals surface area contributed by atoms with Crippen molar-refractivity contribution in [3.8, 4) is 0 Å². The second-order valence-corrected chi connectivity index (χ2v) is 7.23. The zero-order valence-electron chi connectivity index (χ0n) is 11.5. The van der Waals surface area contributed by atoms with Crippen molar-refractivity contribution in [3.05, 3.63) is 69.7 Å². The van der Waals surface area contributed by atoms with E-state index >= 15 is 0 Å². The Kier molecular flexibility index (Phi) is 6.61. The van der Waals surface area contributed by atoms with Gasteiger partial charge in [0, 0.05) is 10.7 Å². The summed E-state index contributed by atoms with van der Waals surface area (Å²) in [5, 5.41) is 3.07. The summed E-state index contributed by atoms with van der Waals surface area (Å²) in [6, 6.07) is 16.4. The number of alkyl halides is 2. The van der Waals surface area contributed by atoms with Crippen LogP contribution in [0.5, 0.6) is 0 Å². The lowest BCUT2D eigenvalue weighted by molar-refractivity contribution is 0.386. The maximum absolute atomic E-state index is 6.35. The van der Waals surface area contributed by atoms with Crippen LogP contribution in [0.3, 0.4) is 0 Å². The molecule has 2 aromatic rings. The van der Waals surface area contributed by atoms with E-state index in [1.54, 1.807) is 0 Å². The van der Waals surface area contributed by atoms with Gasteiger partial charge in [-0.1, -0.05) is 97.5 Å². The van der Waals surface area contributed by atoms with Gasteiger partial charge in [0.15, 0.2) is 0 Å². The summed E-state index contributed by atoms with van der Waals surface area (Å²) >= 11 is 19.9. The van der Waals surface area contributed by atoms with Gasteiger partial charge in [-0.05, 0) is 35.4 Å². The van der Waals surface area contributed by atoms with Crippen molar-refractivity contribution in [1.82, 2.24) is 0 Å². The zero-order valence-corrected chi connectivity index (χ0v) is 16.1. The normalized spacial score (nSPS) is 11.6. The molecule has 0 amide bonds. The van der Waals surface area contributed by atoms with Gasteiger partial charge in [0.1, 0.15) is 0 Å². The van der Waals surface area contributed by atoms with Crippen molar-refractivity contribution in [1.29, 1.82) is 0 Å². The standard InChI is InChI=1S/C17H16Br2Cl2/c18-11-17(12-19,9-13-5-2-1-3-6-13)10-14-7-4-8-15(20)16(14)21/h1-8H,9-12H2. The van der Waals surface area contributed by atoms with Crippen molar-refractivity contribution in [2.75, 3.05) is 10.7 Å². The van der Waals surface area contributed by atoms with Crippen LogP contribution in [0.4, 0.5) is 0 Å². The first-order valence-electron chi connectivity index (χ1n) is 6.69. The third-order valence-electron chi connectivity index (χ3n) is 3.59. The minimum Gasteiger partial charge on any atom is -0.0921 e. The van der Waals surface area contributed by atoms with Gasteiger partial charge in [0.05, 0.1) is 10.0 Å². The summed E-state index contributed by atoms with van der Waals surface area (Å²) in [6.45, 7) is 0. The quantitative estimate of drug-likeness (QED) is 0.437. The number of rotatable bonds is 6. The topological polar surface area (TPSA) is 0 Å². The highest BCUT2D eigenvalue weighted by Crippen LogP contribution is 2.36. The molecule has 2 rings (SSSR count). The molecule has 0 nitrogen and oxygen atoms in total. The molecule has 21 heavy (non-hydrogen) atoms. The summed E-state index contributed by atoms with van der Waals surface area (Å²) in [6.07, 6.45) is 1.85. The van der Waals surface area contributed by atoms with Crippen molar-refractivity contribution in [2.45, 2.75) is 12.8 Å². The molecule has 0 saturated heterocycles. The Bertz CT molecular complexity index is 581. The SMILES string of the molecule is Clc1cccc(CC(CBr)(CBr)Cc2ccccc2)c1Cl. The molecule has 112 valence electrons. The van der Waals surface area contributed by atoms with Crippen LogP contribution < -0.4 is 0 Å². The lowest BCUT2D eigenvalue weighted by Gasteiger charge is -2.31. The Morgan fingerprint density at radius 2 is 1.48 bits per heavy atom. The van der Waals surface area contributed by atoms with Gasteiger partial charge in [-0.3, -0.25) is 0 Å². The van der Waals surface area contributed by atoms with E-state index in [9.17, 15) is 0 Å². The van der Waals surface area contributed by atoms with Crippen LogP contribution in [0.1, 0.15) is 11.1 Å². The zero-order chi connectivity index (χ0) is 15.3. The van der Waals surface area contributed by atoms with Gasteiger partial charge in [-0.15, -0.1) is 0 Å². The minimum atomic E-state index is 0.0652. The van der Waals surface area contributed by atoms with E-state index in [1.165, 1.54) is 5.56 Å². The largest absolute Gasteiger partial charge is 0.0921 e. The van der Waals surface area contributed by atoms with Crippen molar-refractivity contribution in [3.63, 3.8) is 0 Å². The van der Waals surface area contributed by atoms with Gasteiger partial charge < -0.3 is 0 Å². The van der Waals surface area contributed by atoms with Crippen LogP contribution in [0, 0.1) is 5.41 Å². The summed E-state index contributed by atoms with van der Waals surface area (Å²) in [5.74, 6) is 0. The lowest BCUT2D eigenvalue weighted by atomic mass is 9.80. The molecule has 0 fully saturated rings. The molecule has 0 bridgehead atoms. The first kappa shape index (κ1) is 17.3. The van der Waals surface area contributed by atoms with Crippen molar-refractivity contribution in [2.24, 2.45) is 5.41 Å². The fourth-order valence-corrected chi connectivity index (χ4v) is 4.51. The smallest absolute Gasteiger partial charge is 0.0624 e. The monoisotopic (exact) mass is 448 g/mol. The average Bonchev–Trinajstić information content (AvgIpc) is 2.52. The molecule has 0 aliphatic rings. The lowest BCUT2D eigenvalue weighted by Crippen LogP contribution is -2.30. The first-order valence-corrected chi connectivity index (χ1v) is 9.69. The van der Waals surface area contributed by atoms with Crippen LogP contribution in [-0.4, -0.2) is 10.7 Å². The molecule has 0 N–H and O–H groups in total. The van der Waals surface area contributed by atoms with E-state index in [-0.39, 0.29) is 5.41 Å². The van der Waals surface area contributed by atoms with Crippen LogP contribution >= 0.6 is 55.1 Å². The van der Waals surface area contributed by atoms with Crippen LogP contribution in [0.15, 0.2) is 48.5 Å². The molecular formula is C17H16Br2Cl2. The molecule has 0 aliphatic carbocycles. The Labute approximate surface area is 153 Å². The molecular weight excluding hydrogens is 435 g/mol. The summed E-state index contributed by atoms with van der Waals surface area (Å²) in [7, 11) is 0. The van der Waals surface area contributed by atoms with Crippen molar-refractivity contribution < 1.29 is 0 Å². The molecule has 0 heterocycles. The summed E-state index contributed by atoms with van der Waals surface area (Å²) < 4.78 is 0. The van der Waals surface area contributed by atoms with Gasteiger partial charge in [-0.25, -0.2) is 0 Å². The molecule has 0 radical (unpaired) electrons. The van der Waals surface area contributed by atoms with E-state index in [4.69, 9.17) is 23.2 Å². The molecule has 0 saturated carbocycles. The van der Waals surface area contributed by atoms with Crippen LogP contribution in [0.2, 0.25) is 10.0 Å². The highest BCUT2D eigenvalue weighted by atomic mass is 79.9. The van der Waals surface area contributed by atoms with Crippen molar-refractivity contribution >= 4 is 55.1 Å². The third-order valence-corrected chi connectivity index (χ3v) is 6.82. The number of benzene rings is 2. The second kappa shape index (κ2) is 8.01. The molecule has 0 unspecified atom stereocenters. The third kappa shape index (κ3) is 4.48. The number of halogens is 4. The van der Waals surface area contributed by atoms with E-state index in [0.29, 0.717) is 10.0 Å². The van der Waals surface area contributed by atoms with E-state index in [2.05, 4.69) is 62.2 Å². The number of hydrogen-bond acceptors (Lipinski definition) is 0. The molecule has 0 atom stereocenters. The van der Waals surface area contributed by atoms with E-state index in [0.717, 1.165) is 29.1 Å².